The Morgan fingerprint density at radius 1 is 1.24 bits per heavy atom. The van der Waals surface area contributed by atoms with Crippen LogP contribution in [0.2, 0.25) is 0 Å². The Bertz CT molecular complexity index is 702. The normalized spacial score (nSPS) is 12.1. The SMILES string of the molecule is CCc1c(C)n(CC)c2c(C(C)(C)C)cc(C(=O)O)cc12. The zero-order valence-electron chi connectivity index (χ0n) is 13.9. The molecule has 114 valence electrons. The summed E-state index contributed by atoms with van der Waals surface area (Å²) < 4.78 is 2.32. The summed E-state index contributed by atoms with van der Waals surface area (Å²) in [6.45, 7) is 13.7. The number of nitrogens with zero attached hydrogens (tertiary/aromatic N) is 1. The van der Waals surface area contributed by atoms with E-state index in [-0.39, 0.29) is 5.41 Å². The maximum Gasteiger partial charge on any atom is 0.335 e. The number of aryl methyl sites for hydroxylation is 2. The van der Waals surface area contributed by atoms with E-state index in [0.717, 1.165) is 23.9 Å². The number of carbonyl (C=O) groups is 1. The van der Waals surface area contributed by atoms with Crippen LogP contribution in [0.4, 0.5) is 0 Å². The van der Waals surface area contributed by atoms with Crippen molar-refractivity contribution < 1.29 is 9.90 Å². The highest BCUT2D eigenvalue weighted by Gasteiger charge is 2.24. The Morgan fingerprint density at radius 2 is 1.86 bits per heavy atom. The average molecular weight is 287 g/mol. The van der Waals surface area contributed by atoms with Gasteiger partial charge < -0.3 is 9.67 Å². The first-order chi connectivity index (χ1) is 9.72. The van der Waals surface area contributed by atoms with E-state index in [2.05, 4.69) is 46.1 Å². The maximum absolute atomic E-state index is 11.5. The molecule has 21 heavy (non-hydrogen) atoms. The summed E-state index contributed by atoms with van der Waals surface area (Å²) in [5.41, 5.74) is 5.12. The highest BCUT2D eigenvalue weighted by Crippen LogP contribution is 2.36. The van der Waals surface area contributed by atoms with E-state index in [1.807, 2.05) is 12.1 Å². The van der Waals surface area contributed by atoms with Gasteiger partial charge in [0.1, 0.15) is 0 Å². The highest BCUT2D eigenvalue weighted by atomic mass is 16.4. The van der Waals surface area contributed by atoms with Crippen LogP contribution in [0, 0.1) is 6.92 Å². The van der Waals surface area contributed by atoms with Crippen molar-refractivity contribution >= 4 is 16.9 Å². The number of aromatic carboxylic acids is 1. The number of hydrogen-bond donors (Lipinski definition) is 1. The molecule has 0 amide bonds. The van der Waals surface area contributed by atoms with E-state index in [9.17, 15) is 9.90 Å². The van der Waals surface area contributed by atoms with Gasteiger partial charge in [0.25, 0.3) is 0 Å². The first-order valence-electron chi connectivity index (χ1n) is 7.61. The number of benzene rings is 1. The third-order valence-electron chi connectivity index (χ3n) is 4.27. The molecule has 0 saturated carbocycles. The van der Waals surface area contributed by atoms with E-state index in [4.69, 9.17) is 0 Å². The average Bonchev–Trinajstić information content (AvgIpc) is 2.66. The van der Waals surface area contributed by atoms with Crippen molar-refractivity contribution in [3.8, 4) is 0 Å². The van der Waals surface area contributed by atoms with E-state index in [1.54, 1.807) is 0 Å². The van der Waals surface area contributed by atoms with Crippen LogP contribution in [0.25, 0.3) is 10.9 Å². The number of carboxylic acid groups (broad SMARTS) is 1. The highest BCUT2D eigenvalue weighted by molar-refractivity contribution is 5.97. The number of carboxylic acids is 1. The molecule has 1 N–H and O–H groups in total. The van der Waals surface area contributed by atoms with Crippen LogP contribution < -0.4 is 0 Å². The van der Waals surface area contributed by atoms with Crippen molar-refractivity contribution in [2.45, 2.75) is 59.9 Å². The second kappa shape index (κ2) is 5.21. The molecule has 0 saturated heterocycles. The van der Waals surface area contributed by atoms with Crippen molar-refractivity contribution in [2.75, 3.05) is 0 Å². The molecule has 0 radical (unpaired) electrons. The molecule has 2 rings (SSSR count). The molecule has 0 bridgehead atoms. The van der Waals surface area contributed by atoms with Crippen molar-refractivity contribution in [2.24, 2.45) is 0 Å². The fourth-order valence-electron chi connectivity index (χ4n) is 3.22. The summed E-state index contributed by atoms with van der Waals surface area (Å²) in [4.78, 5) is 11.5. The molecule has 2 aromatic rings. The third-order valence-corrected chi connectivity index (χ3v) is 4.27. The fraction of sp³-hybridized carbons (Fsp3) is 0.500. The van der Waals surface area contributed by atoms with Gasteiger partial charge in [0.2, 0.25) is 0 Å². The second-order valence-corrected chi connectivity index (χ2v) is 6.64. The van der Waals surface area contributed by atoms with Crippen LogP contribution in [0.3, 0.4) is 0 Å². The molecule has 3 nitrogen and oxygen atoms in total. The Balaban J connectivity index is 3.02. The molecular weight excluding hydrogens is 262 g/mol. The fourth-order valence-corrected chi connectivity index (χ4v) is 3.22. The van der Waals surface area contributed by atoms with Crippen LogP contribution in [0.15, 0.2) is 12.1 Å². The molecule has 0 spiro atoms. The Kier molecular flexibility index (Phi) is 3.87. The quantitative estimate of drug-likeness (QED) is 0.901. The summed E-state index contributed by atoms with van der Waals surface area (Å²) in [6, 6.07) is 3.68. The minimum atomic E-state index is -0.855. The third kappa shape index (κ3) is 2.45. The molecule has 0 unspecified atom stereocenters. The summed E-state index contributed by atoms with van der Waals surface area (Å²) in [5.74, 6) is -0.855. The van der Waals surface area contributed by atoms with Gasteiger partial charge in [0.15, 0.2) is 0 Å². The van der Waals surface area contributed by atoms with Gasteiger partial charge >= 0.3 is 5.97 Å². The van der Waals surface area contributed by atoms with E-state index >= 15 is 0 Å². The predicted octanol–water partition coefficient (Wildman–Crippen LogP) is 4.53. The van der Waals surface area contributed by atoms with Gasteiger partial charge in [-0.15, -0.1) is 0 Å². The molecule has 0 fully saturated rings. The predicted molar refractivity (Wildman–Crippen MR) is 87.4 cm³/mol. The lowest BCUT2D eigenvalue weighted by Gasteiger charge is -2.22. The minimum Gasteiger partial charge on any atom is -0.478 e. The van der Waals surface area contributed by atoms with Gasteiger partial charge in [-0.3, -0.25) is 0 Å². The first-order valence-corrected chi connectivity index (χ1v) is 7.61. The van der Waals surface area contributed by atoms with Gasteiger partial charge in [0, 0.05) is 17.6 Å². The second-order valence-electron chi connectivity index (χ2n) is 6.64. The smallest absolute Gasteiger partial charge is 0.335 e. The van der Waals surface area contributed by atoms with Crippen molar-refractivity contribution in [3.63, 3.8) is 0 Å². The molecule has 1 aromatic heterocycles. The largest absolute Gasteiger partial charge is 0.478 e. The molecule has 0 aliphatic carbocycles. The lowest BCUT2D eigenvalue weighted by Crippen LogP contribution is -2.15. The minimum absolute atomic E-state index is 0.0908. The van der Waals surface area contributed by atoms with Crippen LogP contribution in [0.5, 0.6) is 0 Å². The molecule has 0 aliphatic rings. The zero-order chi connectivity index (χ0) is 15.9. The van der Waals surface area contributed by atoms with E-state index in [1.165, 1.54) is 16.8 Å². The van der Waals surface area contributed by atoms with Gasteiger partial charge in [0.05, 0.1) is 11.1 Å². The number of aromatic nitrogens is 1. The summed E-state index contributed by atoms with van der Waals surface area (Å²) >= 11 is 0. The van der Waals surface area contributed by atoms with Gasteiger partial charge in [-0.1, -0.05) is 27.7 Å². The number of fused-ring (bicyclic) bond motifs is 1. The van der Waals surface area contributed by atoms with Gasteiger partial charge in [-0.2, -0.15) is 0 Å². The lowest BCUT2D eigenvalue weighted by atomic mass is 9.84. The first kappa shape index (κ1) is 15.6. The summed E-state index contributed by atoms with van der Waals surface area (Å²) in [5, 5.41) is 10.5. The summed E-state index contributed by atoms with van der Waals surface area (Å²) in [6.07, 6.45) is 0.919. The van der Waals surface area contributed by atoms with Crippen LogP contribution in [-0.2, 0) is 18.4 Å². The summed E-state index contributed by atoms with van der Waals surface area (Å²) in [7, 11) is 0. The van der Waals surface area contributed by atoms with E-state index in [0.29, 0.717) is 5.56 Å². The van der Waals surface area contributed by atoms with Crippen LogP contribution in [0.1, 0.15) is 61.8 Å². The number of hydrogen-bond acceptors (Lipinski definition) is 1. The topological polar surface area (TPSA) is 42.2 Å². The lowest BCUT2D eigenvalue weighted by molar-refractivity contribution is 0.0697. The molecular formula is C18H25NO2. The Morgan fingerprint density at radius 3 is 2.29 bits per heavy atom. The van der Waals surface area contributed by atoms with E-state index < -0.39 is 5.97 Å². The monoisotopic (exact) mass is 287 g/mol. The number of rotatable bonds is 3. The van der Waals surface area contributed by atoms with Crippen molar-refractivity contribution in [1.29, 1.82) is 0 Å². The zero-order valence-corrected chi connectivity index (χ0v) is 13.9. The van der Waals surface area contributed by atoms with Crippen LogP contribution >= 0.6 is 0 Å². The molecule has 1 heterocycles. The molecule has 3 heteroatoms. The van der Waals surface area contributed by atoms with Crippen LogP contribution in [-0.4, -0.2) is 15.6 Å². The molecule has 0 aliphatic heterocycles. The molecule has 0 atom stereocenters. The van der Waals surface area contributed by atoms with Gasteiger partial charge in [-0.05, 0) is 48.9 Å². The maximum atomic E-state index is 11.5. The van der Waals surface area contributed by atoms with Gasteiger partial charge in [-0.25, -0.2) is 4.79 Å². The van der Waals surface area contributed by atoms with Crippen molar-refractivity contribution in [1.82, 2.24) is 4.57 Å². The Labute approximate surface area is 126 Å². The molecule has 1 aromatic carbocycles. The standard InChI is InChI=1S/C18H25NO2/c1-7-13-11(3)19(8-2)16-14(13)9-12(17(20)21)10-15(16)18(4,5)6/h9-10H,7-8H2,1-6H3,(H,20,21). The van der Waals surface area contributed by atoms with Crippen molar-refractivity contribution in [3.05, 3.63) is 34.5 Å². The Hall–Kier alpha value is -1.77.